The predicted octanol–water partition coefficient (Wildman–Crippen LogP) is 2.29. The Bertz CT molecular complexity index is 1000. The minimum Gasteiger partial charge on any atom is -0.359 e. The van der Waals surface area contributed by atoms with Crippen LogP contribution in [0.3, 0.4) is 0 Å². The molecule has 1 aliphatic rings. The average Bonchev–Trinajstić information content (AvgIpc) is 3.27. The number of rotatable bonds is 8. The SMILES string of the molecule is CN(CCN1CCN(c2ncccn2)CC1)Cc1cc(-c2ccccc2[N+](=O)[O-])no1. The van der Waals surface area contributed by atoms with Crippen LogP contribution in [0.1, 0.15) is 5.76 Å². The first-order valence-electron chi connectivity index (χ1n) is 10.2. The fourth-order valence-corrected chi connectivity index (χ4v) is 3.65. The van der Waals surface area contributed by atoms with E-state index in [0.717, 1.165) is 45.2 Å². The lowest BCUT2D eigenvalue weighted by Gasteiger charge is -2.35. The smallest absolute Gasteiger partial charge is 0.278 e. The summed E-state index contributed by atoms with van der Waals surface area (Å²) in [7, 11) is 2.03. The highest BCUT2D eigenvalue weighted by Crippen LogP contribution is 2.29. The third kappa shape index (κ3) is 5.22. The lowest BCUT2D eigenvalue weighted by atomic mass is 10.1. The number of likely N-dealkylation sites (N-methyl/N-ethyl adjacent to an activating group) is 1. The molecule has 0 bridgehead atoms. The number of hydrogen-bond donors (Lipinski definition) is 0. The quantitative estimate of drug-likeness (QED) is 0.398. The van der Waals surface area contributed by atoms with Gasteiger partial charge in [0, 0.05) is 63.8 Å². The van der Waals surface area contributed by atoms with Crippen LogP contribution in [-0.4, -0.2) is 76.2 Å². The topological polar surface area (TPSA) is 105 Å². The van der Waals surface area contributed by atoms with Gasteiger partial charge in [0.2, 0.25) is 5.95 Å². The summed E-state index contributed by atoms with van der Waals surface area (Å²) in [5, 5.41) is 15.3. The summed E-state index contributed by atoms with van der Waals surface area (Å²) in [5.41, 5.74) is 0.969. The molecule has 0 saturated carbocycles. The van der Waals surface area contributed by atoms with Crippen LogP contribution in [0, 0.1) is 10.1 Å². The van der Waals surface area contributed by atoms with Gasteiger partial charge in [0.1, 0.15) is 5.69 Å². The van der Waals surface area contributed by atoms with Crippen LogP contribution >= 0.6 is 0 Å². The summed E-state index contributed by atoms with van der Waals surface area (Å²) in [6.45, 7) is 6.18. The van der Waals surface area contributed by atoms with Crippen molar-refractivity contribution in [3.05, 3.63) is 64.7 Å². The average molecular weight is 423 g/mol. The Morgan fingerprint density at radius 3 is 2.61 bits per heavy atom. The molecule has 0 aliphatic carbocycles. The Morgan fingerprint density at radius 2 is 1.87 bits per heavy atom. The number of piperazine rings is 1. The number of para-hydroxylation sites is 1. The van der Waals surface area contributed by atoms with E-state index in [1.54, 1.807) is 36.7 Å². The molecule has 1 aromatic carbocycles. The van der Waals surface area contributed by atoms with Crippen LogP contribution in [0.15, 0.2) is 53.3 Å². The maximum absolute atomic E-state index is 11.2. The van der Waals surface area contributed by atoms with E-state index in [1.807, 2.05) is 13.1 Å². The van der Waals surface area contributed by atoms with Crippen molar-refractivity contribution in [2.75, 3.05) is 51.2 Å². The monoisotopic (exact) mass is 423 g/mol. The molecule has 3 heterocycles. The lowest BCUT2D eigenvalue weighted by Crippen LogP contribution is -2.48. The van der Waals surface area contributed by atoms with E-state index < -0.39 is 4.92 Å². The Balaban J connectivity index is 1.26. The van der Waals surface area contributed by atoms with E-state index in [9.17, 15) is 10.1 Å². The molecule has 10 nitrogen and oxygen atoms in total. The van der Waals surface area contributed by atoms with Crippen LogP contribution in [0.5, 0.6) is 0 Å². The van der Waals surface area contributed by atoms with E-state index in [1.165, 1.54) is 6.07 Å². The van der Waals surface area contributed by atoms with E-state index in [-0.39, 0.29) is 5.69 Å². The van der Waals surface area contributed by atoms with Crippen molar-refractivity contribution in [2.24, 2.45) is 0 Å². The van der Waals surface area contributed by atoms with Crippen LogP contribution in [0.25, 0.3) is 11.3 Å². The third-order valence-corrected chi connectivity index (χ3v) is 5.37. The Morgan fingerprint density at radius 1 is 1.13 bits per heavy atom. The van der Waals surface area contributed by atoms with Crippen molar-refractivity contribution < 1.29 is 9.45 Å². The molecule has 0 atom stereocenters. The maximum Gasteiger partial charge on any atom is 0.278 e. The van der Waals surface area contributed by atoms with Gasteiger partial charge >= 0.3 is 0 Å². The molecule has 31 heavy (non-hydrogen) atoms. The van der Waals surface area contributed by atoms with Gasteiger partial charge in [0.25, 0.3) is 5.69 Å². The van der Waals surface area contributed by atoms with Gasteiger partial charge in [-0.05, 0) is 19.2 Å². The molecule has 2 aromatic heterocycles. The second-order valence-corrected chi connectivity index (χ2v) is 7.57. The summed E-state index contributed by atoms with van der Waals surface area (Å²) in [6.07, 6.45) is 3.54. The number of benzene rings is 1. The van der Waals surface area contributed by atoms with E-state index in [2.05, 4.69) is 29.8 Å². The molecule has 162 valence electrons. The first-order chi connectivity index (χ1) is 15.1. The zero-order valence-corrected chi connectivity index (χ0v) is 17.4. The third-order valence-electron chi connectivity index (χ3n) is 5.37. The molecule has 0 unspecified atom stereocenters. The largest absolute Gasteiger partial charge is 0.359 e. The molecule has 0 radical (unpaired) electrons. The highest BCUT2D eigenvalue weighted by atomic mass is 16.6. The van der Waals surface area contributed by atoms with Gasteiger partial charge in [-0.15, -0.1) is 0 Å². The second-order valence-electron chi connectivity index (χ2n) is 7.57. The Labute approximate surface area is 180 Å². The summed E-state index contributed by atoms with van der Waals surface area (Å²) in [4.78, 5) is 26.3. The summed E-state index contributed by atoms with van der Waals surface area (Å²) in [6, 6.07) is 10.2. The first kappa shape index (κ1) is 20.9. The molecule has 3 aromatic rings. The predicted molar refractivity (Wildman–Crippen MR) is 116 cm³/mol. The van der Waals surface area contributed by atoms with Crippen LogP contribution in [0.2, 0.25) is 0 Å². The number of nitro groups is 1. The van der Waals surface area contributed by atoms with E-state index in [0.29, 0.717) is 23.6 Å². The van der Waals surface area contributed by atoms with Crippen molar-refractivity contribution in [2.45, 2.75) is 6.54 Å². The van der Waals surface area contributed by atoms with Crippen molar-refractivity contribution in [3.63, 3.8) is 0 Å². The molecule has 0 amide bonds. The van der Waals surface area contributed by atoms with E-state index >= 15 is 0 Å². The van der Waals surface area contributed by atoms with Crippen LogP contribution in [-0.2, 0) is 6.54 Å². The number of aromatic nitrogens is 3. The standard InChI is InChI=1S/C21H25N7O3/c1-25(9-10-26-11-13-27(14-12-26)21-22-7-4-8-23-21)16-17-15-19(24-31-17)18-5-2-3-6-20(18)28(29)30/h2-8,15H,9-14,16H2,1H3. The van der Waals surface area contributed by atoms with Crippen molar-refractivity contribution in [3.8, 4) is 11.3 Å². The summed E-state index contributed by atoms with van der Waals surface area (Å²) < 4.78 is 5.43. The first-order valence-corrected chi connectivity index (χ1v) is 10.2. The van der Waals surface area contributed by atoms with Gasteiger partial charge in [-0.2, -0.15) is 0 Å². The zero-order chi connectivity index (χ0) is 21.6. The fourth-order valence-electron chi connectivity index (χ4n) is 3.65. The minimum atomic E-state index is -0.403. The number of anilines is 1. The number of nitro benzene ring substituents is 1. The summed E-state index contributed by atoms with van der Waals surface area (Å²) >= 11 is 0. The molecule has 4 rings (SSSR count). The van der Waals surface area contributed by atoms with Gasteiger partial charge in [-0.3, -0.25) is 19.9 Å². The van der Waals surface area contributed by atoms with Gasteiger partial charge in [-0.25, -0.2) is 9.97 Å². The molecule has 0 N–H and O–H groups in total. The Hall–Kier alpha value is -3.37. The zero-order valence-electron chi connectivity index (χ0n) is 17.4. The van der Waals surface area contributed by atoms with Gasteiger partial charge in [0.05, 0.1) is 17.0 Å². The van der Waals surface area contributed by atoms with Crippen LogP contribution in [0.4, 0.5) is 11.6 Å². The molecular weight excluding hydrogens is 398 g/mol. The highest BCUT2D eigenvalue weighted by molar-refractivity contribution is 5.70. The van der Waals surface area contributed by atoms with Gasteiger partial charge in [0.15, 0.2) is 5.76 Å². The van der Waals surface area contributed by atoms with Gasteiger partial charge in [-0.1, -0.05) is 17.3 Å². The Kier molecular flexibility index (Phi) is 6.48. The lowest BCUT2D eigenvalue weighted by molar-refractivity contribution is -0.384. The molecule has 1 saturated heterocycles. The maximum atomic E-state index is 11.2. The van der Waals surface area contributed by atoms with Crippen LogP contribution < -0.4 is 4.90 Å². The van der Waals surface area contributed by atoms with Crippen molar-refractivity contribution in [1.82, 2.24) is 24.9 Å². The molecule has 1 fully saturated rings. The molecule has 10 heteroatoms. The van der Waals surface area contributed by atoms with E-state index in [4.69, 9.17) is 4.52 Å². The number of hydrogen-bond acceptors (Lipinski definition) is 9. The van der Waals surface area contributed by atoms with Crippen molar-refractivity contribution >= 4 is 11.6 Å². The molecule has 0 spiro atoms. The van der Waals surface area contributed by atoms with Gasteiger partial charge < -0.3 is 9.42 Å². The highest BCUT2D eigenvalue weighted by Gasteiger charge is 2.20. The summed E-state index contributed by atoms with van der Waals surface area (Å²) in [5.74, 6) is 1.47. The molecular formula is C21H25N7O3. The number of nitrogens with zero attached hydrogens (tertiary/aromatic N) is 7. The molecule has 1 aliphatic heterocycles. The minimum absolute atomic E-state index is 0.0238. The normalized spacial score (nSPS) is 14.8. The van der Waals surface area contributed by atoms with Crippen molar-refractivity contribution in [1.29, 1.82) is 0 Å². The second kappa shape index (κ2) is 9.63. The fraction of sp³-hybridized carbons (Fsp3) is 0.381.